The fourth-order valence-electron chi connectivity index (χ4n) is 2.51. The first-order valence-corrected chi connectivity index (χ1v) is 5.45. The van der Waals surface area contributed by atoms with Crippen molar-refractivity contribution in [1.29, 1.82) is 0 Å². The standard InChI is InChI=1S/C13H15N2/c1-14-9-12-7-8-13(15(12)10-14)11-5-3-2-4-6-11/h2-6,9-10,13H,7-8H2,1H3/q+1/t13-/m1/s1. The van der Waals surface area contributed by atoms with Crippen LogP contribution in [-0.4, -0.2) is 4.57 Å². The van der Waals surface area contributed by atoms with Crippen molar-refractivity contribution in [2.45, 2.75) is 18.9 Å². The second kappa shape index (κ2) is 3.23. The van der Waals surface area contributed by atoms with Crippen LogP contribution in [0.15, 0.2) is 42.9 Å². The number of nitrogens with zero attached hydrogens (tertiary/aromatic N) is 2. The normalized spacial score (nSPS) is 19.1. The Balaban J connectivity index is 2.03. The summed E-state index contributed by atoms with van der Waals surface area (Å²) in [6, 6.07) is 11.3. The zero-order chi connectivity index (χ0) is 10.3. The first kappa shape index (κ1) is 8.72. The Labute approximate surface area is 89.8 Å². The van der Waals surface area contributed by atoms with Gasteiger partial charge in [-0.2, -0.15) is 0 Å². The summed E-state index contributed by atoms with van der Waals surface area (Å²) in [6.07, 6.45) is 6.85. The highest BCUT2D eigenvalue weighted by Crippen LogP contribution is 2.30. The van der Waals surface area contributed by atoms with Crippen molar-refractivity contribution in [2.75, 3.05) is 0 Å². The average Bonchev–Trinajstić information content (AvgIpc) is 2.77. The summed E-state index contributed by atoms with van der Waals surface area (Å²) in [7, 11) is 2.09. The Morgan fingerprint density at radius 3 is 2.87 bits per heavy atom. The van der Waals surface area contributed by atoms with Crippen molar-refractivity contribution >= 4 is 0 Å². The largest absolute Gasteiger partial charge is 0.244 e. The second-order valence-electron chi connectivity index (χ2n) is 4.27. The Bertz CT molecular complexity index is 471. The van der Waals surface area contributed by atoms with E-state index in [9.17, 15) is 0 Å². The van der Waals surface area contributed by atoms with Gasteiger partial charge in [0.15, 0.2) is 0 Å². The van der Waals surface area contributed by atoms with E-state index in [4.69, 9.17) is 0 Å². The highest BCUT2D eigenvalue weighted by atomic mass is 15.1. The summed E-state index contributed by atoms with van der Waals surface area (Å²) < 4.78 is 4.54. The highest BCUT2D eigenvalue weighted by Gasteiger charge is 2.29. The number of benzene rings is 1. The van der Waals surface area contributed by atoms with Gasteiger partial charge < -0.3 is 0 Å². The maximum Gasteiger partial charge on any atom is 0.244 e. The van der Waals surface area contributed by atoms with E-state index < -0.39 is 0 Å². The van der Waals surface area contributed by atoms with Crippen LogP contribution in [0.1, 0.15) is 23.7 Å². The van der Waals surface area contributed by atoms with E-state index >= 15 is 0 Å². The summed E-state index contributed by atoms with van der Waals surface area (Å²) in [5.74, 6) is 0. The number of hydrogen-bond acceptors (Lipinski definition) is 0. The lowest BCUT2D eigenvalue weighted by molar-refractivity contribution is -0.671. The molecule has 0 aliphatic carbocycles. The molecule has 0 unspecified atom stereocenters. The van der Waals surface area contributed by atoms with E-state index in [1.165, 1.54) is 24.1 Å². The van der Waals surface area contributed by atoms with Crippen LogP contribution in [0.2, 0.25) is 0 Å². The molecule has 1 aliphatic heterocycles. The maximum absolute atomic E-state index is 2.40. The molecule has 0 fully saturated rings. The molecule has 1 aromatic heterocycles. The molecule has 0 radical (unpaired) electrons. The number of rotatable bonds is 1. The van der Waals surface area contributed by atoms with Gasteiger partial charge in [-0.1, -0.05) is 30.3 Å². The van der Waals surface area contributed by atoms with E-state index in [1.54, 1.807) is 0 Å². The van der Waals surface area contributed by atoms with Crippen LogP contribution >= 0.6 is 0 Å². The highest BCUT2D eigenvalue weighted by molar-refractivity contribution is 5.23. The minimum Gasteiger partial charge on any atom is -0.239 e. The van der Waals surface area contributed by atoms with E-state index in [0.29, 0.717) is 6.04 Å². The summed E-state index contributed by atoms with van der Waals surface area (Å²) >= 11 is 0. The van der Waals surface area contributed by atoms with Crippen molar-refractivity contribution in [3.63, 3.8) is 0 Å². The first-order valence-electron chi connectivity index (χ1n) is 5.45. The smallest absolute Gasteiger partial charge is 0.239 e. The van der Waals surface area contributed by atoms with E-state index in [1.807, 2.05) is 0 Å². The van der Waals surface area contributed by atoms with Crippen LogP contribution < -0.4 is 4.57 Å². The van der Waals surface area contributed by atoms with Gasteiger partial charge in [-0.05, 0) is 5.56 Å². The molecule has 1 atom stereocenters. The van der Waals surface area contributed by atoms with Gasteiger partial charge in [0.05, 0.1) is 7.05 Å². The molecule has 2 nitrogen and oxygen atoms in total. The molecule has 0 saturated carbocycles. The summed E-state index contributed by atoms with van der Waals surface area (Å²) in [5, 5.41) is 0. The number of imidazole rings is 1. The van der Waals surface area contributed by atoms with Gasteiger partial charge in [-0.3, -0.25) is 0 Å². The maximum atomic E-state index is 2.40. The third-order valence-electron chi connectivity index (χ3n) is 3.18. The number of aromatic nitrogens is 2. The Kier molecular flexibility index (Phi) is 1.88. The topological polar surface area (TPSA) is 8.81 Å². The minimum atomic E-state index is 0.544. The van der Waals surface area contributed by atoms with Crippen LogP contribution in [-0.2, 0) is 13.5 Å². The van der Waals surface area contributed by atoms with Crippen LogP contribution in [0, 0.1) is 0 Å². The minimum absolute atomic E-state index is 0.544. The molecule has 2 heteroatoms. The van der Waals surface area contributed by atoms with Crippen molar-refractivity contribution < 1.29 is 4.57 Å². The quantitative estimate of drug-likeness (QED) is 0.620. The number of aryl methyl sites for hydroxylation is 2. The Morgan fingerprint density at radius 2 is 2.07 bits per heavy atom. The van der Waals surface area contributed by atoms with Crippen molar-refractivity contribution in [3.05, 3.63) is 54.1 Å². The molecule has 2 aromatic rings. The lowest BCUT2D eigenvalue weighted by Gasteiger charge is -2.07. The van der Waals surface area contributed by atoms with Crippen LogP contribution in [0.25, 0.3) is 0 Å². The first-order chi connectivity index (χ1) is 7.34. The van der Waals surface area contributed by atoms with Gasteiger partial charge in [-0.25, -0.2) is 9.13 Å². The van der Waals surface area contributed by atoms with Crippen molar-refractivity contribution in [1.82, 2.24) is 4.57 Å². The zero-order valence-corrected chi connectivity index (χ0v) is 8.93. The molecule has 15 heavy (non-hydrogen) atoms. The van der Waals surface area contributed by atoms with Gasteiger partial charge in [0, 0.05) is 12.8 Å². The SMILES string of the molecule is C[n+]1cc2n(c1)[C@@H](c1ccccc1)CC2. The Hall–Kier alpha value is -1.57. The van der Waals surface area contributed by atoms with E-state index in [2.05, 4.69) is 59.0 Å². The second-order valence-corrected chi connectivity index (χ2v) is 4.27. The fourth-order valence-corrected chi connectivity index (χ4v) is 2.51. The monoisotopic (exact) mass is 199 g/mol. The van der Waals surface area contributed by atoms with Crippen LogP contribution in [0.3, 0.4) is 0 Å². The zero-order valence-electron chi connectivity index (χ0n) is 8.93. The molecule has 3 rings (SSSR count). The predicted octanol–water partition coefficient (Wildman–Crippen LogP) is 1.85. The molecular weight excluding hydrogens is 184 g/mol. The molecule has 0 amide bonds. The molecule has 76 valence electrons. The van der Waals surface area contributed by atoms with Crippen molar-refractivity contribution in [2.24, 2.45) is 7.05 Å². The third kappa shape index (κ3) is 1.37. The number of fused-ring (bicyclic) bond motifs is 1. The number of hydrogen-bond donors (Lipinski definition) is 0. The molecule has 0 N–H and O–H groups in total. The predicted molar refractivity (Wildman–Crippen MR) is 58.5 cm³/mol. The summed E-state index contributed by atoms with van der Waals surface area (Å²) in [4.78, 5) is 0. The van der Waals surface area contributed by atoms with Crippen LogP contribution in [0.5, 0.6) is 0 Å². The molecule has 0 spiro atoms. The molecular formula is C13H15N2+. The van der Waals surface area contributed by atoms with Gasteiger partial charge >= 0.3 is 0 Å². The molecule has 0 saturated heterocycles. The molecule has 1 aromatic carbocycles. The molecule has 1 aliphatic rings. The third-order valence-corrected chi connectivity index (χ3v) is 3.18. The lowest BCUT2D eigenvalue weighted by Crippen LogP contribution is -2.24. The van der Waals surface area contributed by atoms with Gasteiger partial charge in [0.1, 0.15) is 17.9 Å². The van der Waals surface area contributed by atoms with Gasteiger partial charge in [0.25, 0.3) is 0 Å². The van der Waals surface area contributed by atoms with E-state index in [0.717, 1.165) is 0 Å². The molecule has 0 bridgehead atoms. The van der Waals surface area contributed by atoms with Crippen LogP contribution in [0.4, 0.5) is 0 Å². The van der Waals surface area contributed by atoms with E-state index in [-0.39, 0.29) is 0 Å². The van der Waals surface area contributed by atoms with Gasteiger partial charge in [-0.15, -0.1) is 0 Å². The fraction of sp³-hybridized carbons (Fsp3) is 0.308. The van der Waals surface area contributed by atoms with Crippen molar-refractivity contribution in [3.8, 4) is 0 Å². The van der Waals surface area contributed by atoms with Gasteiger partial charge in [0.2, 0.25) is 6.33 Å². The summed E-state index contributed by atoms with van der Waals surface area (Å²) in [6.45, 7) is 0. The Morgan fingerprint density at radius 1 is 1.27 bits per heavy atom. The average molecular weight is 199 g/mol. The lowest BCUT2D eigenvalue weighted by atomic mass is 10.1. The summed E-state index contributed by atoms with van der Waals surface area (Å²) in [5.41, 5.74) is 2.87. The molecule has 2 heterocycles.